The van der Waals surface area contributed by atoms with E-state index >= 15 is 0 Å². The molecule has 6 heteroatoms. The first kappa shape index (κ1) is 14.8. The highest BCUT2D eigenvalue weighted by atomic mass is 19.4. The number of ketones is 1. The van der Waals surface area contributed by atoms with Crippen LogP contribution in [0.25, 0.3) is 0 Å². The molecule has 0 spiro atoms. The molecule has 1 aliphatic carbocycles. The number of benzene rings is 1. The van der Waals surface area contributed by atoms with Crippen LogP contribution in [0.3, 0.4) is 0 Å². The fraction of sp³-hybridized carbons (Fsp3) is 0.500. The van der Waals surface area contributed by atoms with Crippen LogP contribution >= 0.6 is 0 Å². The minimum atomic E-state index is -4.95. The van der Waals surface area contributed by atoms with Gasteiger partial charge in [0.1, 0.15) is 0 Å². The number of alkyl halides is 3. The Morgan fingerprint density at radius 2 is 1.80 bits per heavy atom. The van der Waals surface area contributed by atoms with E-state index in [1.54, 1.807) is 0 Å². The van der Waals surface area contributed by atoms with Gasteiger partial charge in [-0.1, -0.05) is 19.3 Å². The van der Waals surface area contributed by atoms with E-state index in [-0.39, 0.29) is 17.3 Å². The normalized spacial score (nSPS) is 17.0. The van der Waals surface area contributed by atoms with Crippen LogP contribution < -0.4 is 4.74 Å². The highest BCUT2D eigenvalue weighted by molar-refractivity contribution is 5.98. The van der Waals surface area contributed by atoms with E-state index in [4.69, 9.17) is 0 Å². The van der Waals surface area contributed by atoms with Crippen molar-refractivity contribution in [1.82, 2.24) is 0 Å². The lowest BCUT2D eigenvalue weighted by molar-refractivity contribution is -0.275. The van der Waals surface area contributed by atoms with Gasteiger partial charge in [0.2, 0.25) is 0 Å². The fourth-order valence-electron chi connectivity index (χ4n) is 2.46. The summed E-state index contributed by atoms with van der Waals surface area (Å²) in [6.45, 7) is 0. The van der Waals surface area contributed by atoms with Gasteiger partial charge in [0.25, 0.3) is 0 Å². The number of ether oxygens (including phenoxy) is 1. The summed E-state index contributed by atoms with van der Waals surface area (Å²) < 4.78 is 53.1. The van der Waals surface area contributed by atoms with Crippen LogP contribution in [0.5, 0.6) is 5.75 Å². The molecule has 0 atom stereocenters. The van der Waals surface area contributed by atoms with E-state index in [9.17, 15) is 22.4 Å². The molecular weight excluding hydrogens is 276 g/mol. The van der Waals surface area contributed by atoms with E-state index in [2.05, 4.69) is 4.74 Å². The van der Waals surface area contributed by atoms with Gasteiger partial charge >= 0.3 is 6.36 Å². The van der Waals surface area contributed by atoms with Gasteiger partial charge in [-0.05, 0) is 31.0 Å². The molecule has 0 amide bonds. The summed E-state index contributed by atoms with van der Waals surface area (Å²) in [4.78, 5) is 12.1. The molecule has 1 saturated carbocycles. The van der Waals surface area contributed by atoms with Crippen molar-refractivity contribution in [2.24, 2.45) is 5.92 Å². The topological polar surface area (TPSA) is 26.3 Å². The van der Waals surface area contributed by atoms with Crippen molar-refractivity contribution in [3.05, 3.63) is 29.6 Å². The molecule has 0 heterocycles. The average molecular weight is 290 g/mol. The van der Waals surface area contributed by atoms with Crippen LogP contribution in [0.15, 0.2) is 18.2 Å². The van der Waals surface area contributed by atoms with Crippen molar-refractivity contribution in [2.45, 2.75) is 38.5 Å². The minimum absolute atomic E-state index is 0.101. The molecule has 0 N–H and O–H groups in total. The first-order chi connectivity index (χ1) is 9.37. The summed E-state index contributed by atoms with van der Waals surface area (Å²) in [6, 6.07) is 2.85. The lowest BCUT2D eigenvalue weighted by atomic mass is 9.84. The smallest absolute Gasteiger partial charge is 0.403 e. The van der Waals surface area contributed by atoms with Gasteiger partial charge in [0.05, 0.1) is 0 Å². The molecule has 0 unspecified atom stereocenters. The standard InChI is InChI=1S/C14H14F4O2/c15-11-8-10(6-7-12(11)20-14(16,17)18)13(19)9-4-2-1-3-5-9/h6-9H,1-5H2. The Bertz CT molecular complexity index is 490. The van der Waals surface area contributed by atoms with E-state index in [1.165, 1.54) is 6.07 Å². The van der Waals surface area contributed by atoms with Crippen LogP contribution in [0.1, 0.15) is 42.5 Å². The SMILES string of the molecule is O=C(c1ccc(OC(F)(F)F)c(F)c1)C1CCCCC1. The Labute approximate surface area is 113 Å². The van der Waals surface area contributed by atoms with E-state index in [1.807, 2.05) is 0 Å². The van der Waals surface area contributed by atoms with Gasteiger partial charge in [-0.3, -0.25) is 4.79 Å². The number of hydrogen-bond acceptors (Lipinski definition) is 2. The molecule has 0 bridgehead atoms. The summed E-state index contributed by atoms with van der Waals surface area (Å²) in [5.41, 5.74) is 0.101. The monoisotopic (exact) mass is 290 g/mol. The predicted octanol–water partition coefficient (Wildman–Crippen LogP) is 4.49. The summed E-state index contributed by atoms with van der Waals surface area (Å²) in [5.74, 6) is -2.46. The van der Waals surface area contributed by atoms with Crippen LogP contribution in [0.2, 0.25) is 0 Å². The molecule has 0 aliphatic heterocycles. The van der Waals surface area contributed by atoms with Gasteiger partial charge in [0.15, 0.2) is 17.3 Å². The molecule has 20 heavy (non-hydrogen) atoms. The van der Waals surface area contributed by atoms with Gasteiger partial charge in [-0.15, -0.1) is 13.2 Å². The highest BCUT2D eigenvalue weighted by Gasteiger charge is 2.32. The van der Waals surface area contributed by atoms with E-state index < -0.39 is 17.9 Å². The summed E-state index contributed by atoms with van der Waals surface area (Å²) in [7, 11) is 0. The Morgan fingerprint density at radius 1 is 1.15 bits per heavy atom. The molecule has 1 aromatic carbocycles. The first-order valence-electron chi connectivity index (χ1n) is 6.46. The van der Waals surface area contributed by atoms with Crippen molar-refractivity contribution in [3.8, 4) is 5.75 Å². The molecule has 1 aromatic rings. The third kappa shape index (κ3) is 3.71. The largest absolute Gasteiger partial charge is 0.573 e. The Kier molecular flexibility index (Phi) is 4.30. The average Bonchev–Trinajstić information content (AvgIpc) is 2.40. The second-order valence-electron chi connectivity index (χ2n) is 4.89. The molecule has 2 nitrogen and oxygen atoms in total. The predicted molar refractivity (Wildman–Crippen MR) is 64.0 cm³/mol. The molecule has 0 saturated heterocycles. The van der Waals surface area contributed by atoms with Crippen molar-refractivity contribution in [1.29, 1.82) is 0 Å². The quantitative estimate of drug-likeness (QED) is 0.605. The molecule has 0 radical (unpaired) electrons. The van der Waals surface area contributed by atoms with Crippen molar-refractivity contribution in [3.63, 3.8) is 0 Å². The molecule has 2 rings (SSSR count). The zero-order chi connectivity index (χ0) is 14.8. The van der Waals surface area contributed by atoms with E-state index in [0.717, 1.165) is 44.2 Å². The molecule has 1 aliphatic rings. The zero-order valence-corrected chi connectivity index (χ0v) is 10.7. The number of hydrogen-bond donors (Lipinski definition) is 0. The Morgan fingerprint density at radius 3 is 2.35 bits per heavy atom. The molecule has 1 fully saturated rings. The van der Waals surface area contributed by atoms with Crippen LogP contribution in [0, 0.1) is 11.7 Å². The second-order valence-corrected chi connectivity index (χ2v) is 4.89. The summed E-state index contributed by atoms with van der Waals surface area (Å²) in [6.07, 6.45) is -0.461. The van der Waals surface area contributed by atoms with Crippen molar-refractivity contribution >= 4 is 5.78 Å². The second kappa shape index (κ2) is 5.81. The number of Topliss-reactive ketones (excluding diaryl/α,β-unsaturated/α-hetero) is 1. The van der Waals surface area contributed by atoms with Gasteiger partial charge in [-0.25, -0.2) is 4.39 Å². The third-order valence-electron chi connectivity index (χ3n) is 3.42. The third-order valence-corrected chi connectivity index (χ3v) is 3.42. The lowest BCUT2D eigenvalue weighted by Crippen LogP contribution is -2.19. The maximum absolute atomic E-state index is 13.5. The van der Waals surface area contributed by atoms with Gasteiger partial charge in [0, 0.05) is 11.5 Å². The van der Waals surface area contributed by atoms with Crippen LogP contribution in [-0.4, -0.2) is 12.1 Å². The summed E-state index contributed by atoms with van der Waals surface area (Å²) >= 11 is 0. The zero-order valence-electron chi connectivity index (χ0n) is 10.7. The van der Waals surface area contributed by atoms with Crippen molar-refractivity contribution in [2.75, 3.05) is 0 Å². The maximum Gasteiger partial charge on any atom is 0.573 e. The summed E-state index contributed by atoms with van der Waals surface area (Å²) in [5, 5.41) is 0. The molecule has 110 valence electrons. The first-order valence-corrected chi connectivity index (χ1v) is 6.46. The van der Waals surface area contributed by atoms with E-state index in [0.29, 0.717) is 0 Å². The highest BCUT2D eigenvalue weighted by Crippen LogP contribution is 2.30. The van der Waals surface area contributed by atoms with Gasteiger partial charge < -0.3 is 4.74 Å². The van der Waals surface area contributed by atoms with Crippen LogP contribution in [-0.2, 0) is 0 Å². The molecule has 0 aromatic heterocycles. The number of carbonyl (C=O) groups is 1. The number of carbonyl (C=O) groups excluding carboxylic acids is 1. The van der Waals surface area contributed by atoms with Gasteiger partial charge in [-0.2, -0.15) is 0 Å². The number of rotatable bonds is 3. The molecular formula is C14H14F4O2. The van der Waals surface area contributed by atoms with Crippen molar-refractivity contribution < 1.29 is 27.1 Å². The van der Waals surface area contributed by atoms with Crippen LogP contribution in [0.4, 0.5) is 17.6 Å². The number of halogens is 4. The lowest BCUT2D eigenvalue weighted by Gasteiger charge is -2.20. The Hall–Kier alpha value is -1.59. The minimum Gasteiger partial charge on any atom is -0.403 e. The Balaban J connectivity index is 2.13. The fourth-order valence-corrected chi connectivity index (χ4v) is 2.46. The maximum atomic E-state index is 13.5.